The maximum absolute atomic E-state index is 4.10. The lowest BCUT2D eigenvalue weighted by atomic mass is 10.4. The lowest BCUT2D eigenvalue weighted by Crippen LogP contribution is -2.03. The number of aryl methyl sites for hydroxylation is 1. The van der Waals surface area contributed by atoms with E-state index in [0.717, 1.165) is 18.3 Å². The number of hydrogen-bond acceptors (Lipinski definition) is 2. The molecule has 1 aliphatic carbocycles. The first-order valence-electron chi connectivity index (χ1n) is 4.70. The average molecular weight is 167 g/mol. The summed E-state index contributed by atoms with van der Waals surface area (Å²) in [5.41, 5.74) is 0. The van der Waals surface area contributed by atoms with Crippen molar-refractivity contribution in [2.45, 2.75) is 40.2 Å². The topological polar surface area (TPSA) is 30.7 Å². The summed E-state index contributed by atoms with van der Waals surface area (Å²) in [4.78, 5) is 4.05. The zero-order chi connectivity index (χ0) is 8.97. The maximum Gasteiger partial charge on any atom is 0.138 e. The highest BCUT2D eigenvalue weighted by atomic mass is 15.3. The lowest BCUT2D eigenvalue weighted by molar-refractivity contribution is 0.547. The molecule has 68 valence electrons. The van der Waals surface area contributed by atoms with Crippen molar-refractivity contribution in [3.8, 4) is 0 Å². The van der Waals surface area contributed by atoms with E-state index >= 15 is 0 Å². The van der Waals surface area contributed by atoms with Gasteiger partial charge in [0.1, 0.15) is 12.2 Å². The van der Waals surface area contributed by atoms with E-state index in [2.05, 4.69) is 10.1 Å². The summed E-state index contributed by atoms with van der Waals surface area (Å²) in [6.45, 7) is 7.07. The molecule has 0 atom stereocenters. The molecule has 1 aliphatic rings. The van der Waals surface area contributed by atoms with E-state index in [1.165, 1.54) is 12.8 Å². The van der Waals surface area contributed by atoms with Crippen molar-refractivity contribution in [1.82, 2.24) is 14.8 Å². The second-order valence-electron chi connectivity index (χ2n) is 2.93. The van der Waals surface area contributed by atoms with Crippen molar-refractivity contribution in [1.29, 1.82) is 0 Å². The van der Waals surface area contributed by atoms with Gasteiger partial charge in [0.05, 0.1) is 0 Å². The predicted octanol–water partition coefficient (Wildman–Crippen LogP) is 2.02. The Morgan fingerprint density at radius 1 is 1.50 bits per heavy atom. The molecule has 0 spiro atoms. The van der Waals surface area contributed by atoms with Crippen LogP contribution in [0.4, 0.5) is 0 Å². The molecule has 1 heterocycles. The molecule has 1 aromatic heterocycles. The molecule has 1 fully saturated rings. The van der Waals surface area contributed by atoms with Gasteiger partial charge in [-0.05, 0) is 25.7 Å². The minimum absolute atomic E-state index is 0.889. The van der Waals surface area contributed by atoms with Crippen LogP contribution in [0.1, 0.15) is 32.5 Å². The van der Waals surface area contributed by atoms with Crippen molar-refractivity contribution < 1.29 is 0 Å². The van der Waals surface area contributed by atoms with Crippen LogP contribution in [0.2, 0.25) is 0 Å². The molecule has 3 heteroatoms. The third kappa shape index (κ3) is 2.32. The van der Waals surface area contributed by atoms with Gasteiger partial charge in [0.15, 0.2) is 0 Å². The first kappa shape index (κ1) is 9.23. The molecule has 0 N–H and O–H groups in total. The molecule has 1 aromatic rings. The van der Waals surface area contributed by atoms with Gasteiger partial charge in [-0.2, -0.15) is 5.10 Å². The zero-order valence-corrected chi connectivity index (χ0v) is 8.12. The summed E-state index contributed by atoms with van der Waals surface area (Å²) in [6.07, 6.45) is 4.37. The first-order valence-corrected chi connectivity index (χ1v) is 4.70. The van der Waals surface area contributed by atoms with Crippen LogP contribution in [0.3, 0.4) is 0 Å². The Morgan fingerprint density at radius 3 is 2.58 bits per heavy atom. The predicted molar refractivity (Wildman–Crippen MR) is 48.8 cm³/mol. The van der Waals surface area contributed by atoms with E-state index in [-0.39, 0.29) is 0 Å². The van der Waals surface area contributed by atoms with E-state index in [0.29, 0.717) is 0 Å². The summed E-state index contributed by atoms with van der Waals surface area (Å²) in [7, 11) is 0. The van der Waals surface area contributed by atoms with Gasteiger partial charge < -0.3 is 0 Å². The normalized spacial score (nSPS) is 15.2. The molecule has 2 rings (SSSR count). The van der Waals surface area contributed by atoms with Gasteiger partial charge in [-0.25, -0.2) is 4.98 Å². The van der Waals surface area contributed by atoms with Gasteiger partial charge in [0.2, 0.25) is 0 Å². The Hall–Kier alpha value is -0.860. The van der Waals surface area contributed by atoms with Gasteiger partial charge in [-0.1, -0.05) is 13.8 Å². The molecule has 3 nitrogen and oxygen atoms in total. The van der Waals surface area contributed by atoms with Crippen LogP contribution in [0.15, 0.2) is 6.33 Å². The molecule has 0 aromatic carbocycles. The van der Waals surface area contributed by atoms with E-state index in [1.807, 2.05) is 25.5 Å². The van der Waals surface area contributed by atoms with Crippen LogP contribution < -0.4 is 0 Å². The molecule has 12 heavy (non-hydrogen) atoms. The Kier molecular flexibility index (Phi) is 3.26. The van der Waals surface area contributed by atoms with Crippen molar-refractivity contribution >= 4 is 0 Å². The second kappa shape index (κ2) is 4.24. The minimum atomic E-state index is 0.889. The van der Waals surface area contributed by atoms with Crippen molar-refractivity contribution in [2.75, 3.05) is 0 Å². The zero-order valence-electron chi connectivity index (χ0n) is 8.12. The summed E-state index contributed by atoms with van der Waals surface area (Å²) < 4.78 is 1.98. The number of nitrogens with zero attached hydrogens (tertiary/aromatic N) is 3. The molecule has 0 bridgehead atoms. The Balaban J connectivity index is 0.000000336. The van der Waals surface area contributed by atoms with Crippen LogP contribution in [0, 0.1) is 12.8 Å². The molecule has 0 radical (unpaired) electrons. The van der Waals surface area contributed by atoms with Crippen molar-refractivity contribution in [2.24, 2.45) is 5.92 Å². The van der Waals surface area contributed by atoms with E-state index in [1.54, 1.807) is 6.33 Å². The number of hydrogen-bond donors (Lipinski definition) is 0. The van der Waals surface area contributed by atoms with Crippen LogP contribution in [0.5, 0.6) is 0 Å². The summed E-state index contributed by atoms with van der Waals surface area (Å²) in [5.74, 6) is 1.92. The Morgan fingerprint density at radius 2 is 2.17 bits per heavy atom. The fourth-order valence-electron chi connectivity index (χ4n) is 1.05. The third-order valence-corrected chi connectivity index (χ3v) is 1.94. The van der Waals surface area contributed by atoms with E-state index in [9.17, 15) is 0 Å². The fourth-order valence-corrected chi connectivity index (χ4v) is 1.05. The second-order valence-corrected chi connectivity index (χ2v) is 2.93. The van der Waals surface area contributed by atoms with E-state index in [4.69, 9.17) is 0 Å². The van der Waals surface area contributed by atoms with Crippen LogP contribution in [0.25, 0.3) is 0 Å². The van der Waals surface area contributed by atoms with E-state index < -0.39 is 0 Å². The SMILES string of the molecule is CC.Cc1ncnn1CC1CC1. The summed E-state index contributed by atoms with van der Waals surface area (Å²) in [6, 6.07) is 0. The van der Waals surface area contributed by atoms with Crippen molar-refractivity contribution in [3.63, 3.8) is 0 Å². The smallest absolute Gasteiger partial charge is 0.138 e. The number of rotatable bonds is 2. The Bertz CT molecular complexity index is 225. The summed E-state index contributed by atoms with van der Waals surface area (Å²) >= 11 is 0. The standard InChI is InChI=1S/C7H11N3.C2H6/c1-6-8-5-9-10(6)4-7-2-3-7;1-2/h5,7H,2-4H2,1H3;1-2H3. The molecule has 0 unspecified atom stereocenters. The molecular weight excluding hydrogens is 150 g/mol. The van der Waals surface area contributed by atoms with Gasteiger partial charge >= 0.3 is 0 Å². The van der Waals surface area contributed by atoms with Gasteiger partial charge in [0, 0.05) is 6.54 Å². The highest BCUT2D eigenvalue weighted by molar-refractivity contribution is 4.82. The molecule has 1 saturated carbocycles. The number of aromatic nitrogens is 3. The largest absolute Gasteiger partial charge is 0.250 e. The van der Waals surface area contributed by atoms with Gasteiger partial charge in [-0.15, -0.1) is 0 Å². The lowest BCUT2D eigenvalue weighted by Gasteiger charge is -1.98. The van der Waals surface area contributed by atoms with Gasteiger partial charge in [0.25, 0.3) is 0 Å². The highest BCUT2D eigenvalue weighted by Gasteiger charge is 2.22. The summed E-state index contributed by atoms with van der Waals surface area (Å²) in [5, 5.41) is 4.10. The maximum atomic E-state index is 4.10. The third-order valence-electron chi connectivity index (χ3n) is 1.94. The van der Waals surface area contributed by atoms with Crippen LogP contribution >= 0.6 is 0 Å². The van der Waals surface area contributed by atoms with Gasteiger partial charge in [-0.3, -0.25) is 4.68 Å². The average Bonchev–Trinajstić information content (AvgIpc) is 2.82. The molecular formula is C9H17N3. The molecule has 0 saturated heterocycles. The minimum Gasteiger partial charge on any atom is -0.250 e. The highest BCUT2D eigenvalue weighted by Crippen LogP contribution is 2.30. The van der Waals surface area contributed by atoms with Crippen LogP contribution in [-0.2, 0) is 6.54 Å². The fraction of sp³-hybridized carbons (Fsp3) is 0.778. The molecule has 0 aliphatic heterocycles. The quantitative estimate of drug-likeness (QED) is 0.674. The molecule has 0 amide bonds. The van der Waals surface area contributed by atoms with Crippen molar-refractivity contribution in [3.05, 3.63) is 12.2 Å². The first-order chi connectivity index (χ1) is 5.86. The monoisotopic (exact) mass is 167 g/mol. The Labute approximate surface area is 73.8 Å². The van der Waals surface area contributed by atoms with Crippen LogP contribution in [-0.4, -0.2) is 14.8 Å².